The van der Waals surface area contributed by atoms with Gasteiger partial charge in [0.1, 0.15) is 5.82 Å². The third-order valence-corrected chi connectivity index (χ3v) is 3.38. The number of benzene rings is 2. The minimum absolute atomic E-state index is 0.178. The Kier molecular flexibility index (Phi) is 3.66. The Balaban J connectivity index is 2.14. The second-order valence-electron chi connectivity index (χ2n) is 4.67. The smallest absolute Gasteiger partial charge is 0.123 e. The number of rotatable bonds is 3. The fourth-order valence-electron chi connectivity index (χ4n) is 1.99. The standard InChI is InChI=1S/C16H18FN/c1-11-5-4-6-16(13(11)3)18-10-14-7-8-15(17)9-12(14)2/h4-9,18H,10H2,1-3H3. The maximum Gasteiger partial charge on any atom is 0.123 e. The van der Waals surface area contributed by atoms with Crippen molar-refractivity contribution < 1.29 is 4.39 Å². The summed E-state index contributed by atoms with van der Waals surface area (Å²) in [5.74, 6) is -0.178. The van der Waals surface area contributed by atoms with Crippen molar-refractivity contribution in [2.45, 2.75) is 27.3 Å². The van der Waals surface area contributed by atoms with Gasteiger partial charge in [0, 0.05) is 12.2 Å². The first kappa shape index (κ1) is 12.6. The van der Waals surface area contributed by atoms with E-state index >= 15 is 0 Å². The molecule has 0 amide bonds. The molecule has 0 heterocycles. The molecule has 0 spiro atoms. The van der Waals surface area contributed by atoms with Crippen LogP contribution in [0.2, 0.25) is 0 Å². The third kappa shape index (κ3) is 2.70. The highest BCUT2D eigenvalue weighted by atomic mass is 19.1. The van der Waals surface area contributed by atoms with E-state index in [2.05, 4.69) is 31.3 Å². The largest absolute Gasteiger partial charge is 0.381 e. The molecule has 0 bridgehead atoms. The number of hydrogen-bond acceptors (Lipinski definition) is 1. The first-order valence-corrected chi connectivity index (χ1v) is 6.13. The van der Waals surface area contributed by atoms with Gasteiger partial charge in [-0.3, -0.25) is 0 Å². The molecular weight excluding hydrogens is 225 g/mol. The lowest BCUT2D eigenvalue weighted by atomic mass is 10.1. The molecule has 0 unspecified atom stereocenters. The zero-order valence-corrected chi connectivity index (χ0v) is 11.0. The number of aryl methyl sites for hydroxylation is 2. The second-order valence-corrected chi connectivity index (χ2v) is 4.67. The van der Waals surface area contributed by atoms with Crippen molar-refractivity contribution in [2.24, 2.45) is 0 Å². The summed E-state index contributed by atoms with van der Waals surface area (Å²) in [6.07, 6.45) is 0. The molecule has 18 heavy (non-hydrogen) atoms. The van der Waals surface area contributed by atoms with E-state index < -0.39 is 0 Å². The molecule has 0 aliphatic heterocycles. The predicted octanol–water partition coefficient (Wildman–Crippen LogP) is 4.36. The molecule has 94 valence electrons. The third-order valence-electron chi connectivity index (χ3n) is 3.38. The van der Waals surface area contributed by atoms with Gasteiger partial charge in [-0.25, -0.2) is 4.39 Å². The normalized spacial score (nSPS) is 10.4. The zero-order valence-electron chi connectivity index (χ0n) is 11.0. The Bertz CT molecular complexity index is 561. The summed E-state index contributed by atoms with van der Waals surface area (Å²) < 4.78 is 13.0. The Hall–Kier alpha value is -1.83. The molecule has 0 atom stereocenters. The summed E-state index contributed by atoms with van der Waals surface area (Å²) >= 11 is 0. The summed E-state index contributed by atoms with van der Waals surface area (Å²) in [6, 6.07) is 11.1. The van der Waals surface area contributed by atoms with Crippen LogP contribution >= 0.6 is 0 Å². The molecule has 1 nitrogen and oxygen atoms in total. The fraction of sp³-hybridized carbons (Fsp3) is 0.250. The van der Waals surface area contributed by atoms with E-state index in [0.29, 0.717) is 0 Å². The molecule has 2 rings (SSSR count). The number of nitrogens with one attached hydrogen (secondary N) is 1. The average Bonchev–Trinajstić information content (AvgIpc) is 2.33. The van der Waals surface area contributed by atoms with Crippen molar-refractivity contribution in [1.82, 2.24) is 0 Å². The highest BCUT2D eigenvalue weighted by Crippen LogP contribution is 2.19. The van der Waals surface area contributed by atoms with Gasteiger partial charge in [0.05, 0.1) is 0 Å². The van der Waals surface area contributed by atoms with Gasteiger partial charge in [0.15, 0.2) is 0 Å². The van der Waals surface area contributed by atoms with Crippen LogP contribution in [-0.4, -0.2) is 0 Å². The molecule has 0 aromatic heterocycles. The predicted molar refractivity (Wildman–Crippen MR) is 74.4 cm³/mol. The molecule has 2 aromatic rings. The van der Waals surface area contributed by atoms with Crippen molar-refractivity contribution in [2.75, 3.05) is 5.32 Å². The van der Waals surface area contributed by atoms with E-state index in [1.807, 2.05) is 19.1 Å². The number of halogens is 1. The van der Waals surface area contributed by atoms with E-state index in [-0.39, 0.29) is 5.82 Å². The molecule has 0 saturated carbocycles. The molecule has 2 heteroatoms. The summed E-state index contributed by atoms with van der Waals surface area (Å²) in [7, 11) is 0. The van der Waals surface area contributed by atoms with Crippen LogP contribution in [-0.2, 0) is 6.54 Å². The lowest BCUT2D eigenvalue weighted by Gasteiger charge is -2.12. The van der Waals surface area contributed by atoms with E-state index in [1.54, 1.807) is 6.07 Å². The van der Waals surface area contributed by atoms with Crippen LogP contribution in [0.25, 0.3) is 0 Å². The highest BCUT2D eigenvalue weighted by Gasteiger charge is 2.03. The Labute approximate surface area is 108 Å². The molecule has 0 radical (unpaired) electrons. The van der Waals surface area contributed by atoms with Gasteiger partial charge in [-0.1, -0.05) is 18.2 Å². The topological polar surface area (TPSA) is 12.0 Å². The molecule has 2 aromatic carbocycles. The van der Waals surface area contributed by atoms with Crippen LogP contribution in [0, 0.1) is 26.6 Å². The molecule has 0 fully saturated rings. The van der Waals surface area contributed by atoms with Crippen molar-refractivity contribution in [1.29, 1.82) is 0 Å². The lowest BCUT2D eigenvalue weighted by Crippen LogP contribution is -2.03. The van der Waals surface area contributed by atoms with E-state index in [1.165, 1.54) is 17.2 Å². The van der Waals surface area contributed by atoms with Gasteiger partial charge < -0.3 is 5.32 Å². The SMILES string of the molecule is Cc1cc(F)ccc1CNc1cccc(C)c1C. The fourth-order valence-corrected chi connectivity index (χ4v) is 1.99. The van der Waals surface area contributed by atoms with Crippen LogP contribution in [0.3, 0.4) is 0 Å². The summed E-state index contributed by atoms with van der Waals surface area (Å²) in [6.45, 7) is 6.86. The Morgan fingerprint density at radius 3 is 2.50 bits per heavy atom. The molecular formula is C16H18FN. The average molecular weight is 243 g/mol. The Morgan fingerprint density at radius 1 is 1.00 bits per heavy atom. The number of anilines is 1. The maximum atomic E-state index is 13.0. The van der Waals surface area contributed by atoms with Gasteiger partial charge in [-0.05, 0) is 61.2 Å². The van der Waals surface area contributed by atoms with Gasteiger partial charge in [-0.2, -0.15) is 0 Å². The summed E-state index contributed by atoms with van der Waals surface area (Å²) in [5, 5.41) is 3.41. The monoisotopic (exact) mass is 243 g/mol. The molecule has 0 saturated heterocycles. The van der Waals surface area contributed by atoms with Crippen molar-refractivity contribution in [3.05, 3.63) is 64.5 Å². The van der Waals surface area contributed by atoms with Gasteiger partial charge >= 0.3 is 0 Å². The van der Waals surface area contributed by atoms with E-state index in [0.717, 1.165) is 23.4 Å². The molecule has 0 aliphatic carbocycles. The van der Waals surface area contributed by atoms with Crippen molar-refractivity contribution in [3.8, 4) is 0 Å². The second kappa shape index (κ2) is 5.21. The molecule has 1 N–H and O–H groups in total. The van der Waals surface area contributed by atoms with Crippen LogP contribution in [0.15, 0.2) is 36.4 Å². The van der Waals surface area contributed by atoms with Crippen LogP contribution in [0.1, 0.15) is 22.3 Å². The minimum Gasteiger partial charge on any atom is -0.381 e. The lowest BCUT2D eigenvalue weighted by molar-refractivity contribution is 0.625. The zero-order chi connectivity index (χ0) is 13.1. The van der Waals surface area contributed by atoms with Gasteiger partial charge in [0.25, 0.3) is 0 Å². The first-order valence-electron chi connectivity index (χ1n) is 6.13. The van der Waals surface area contributed by atoms with Gasteiger partial charge in [-0.15, -0.1) is 0 Å². The van der Waals surface area contributed by atoms with Gasteiger partial charge in [0.2, 0.25) is 0 Å². The highest BCUT2D eigenvalue weighted by molar-refractivity contribution is 5.54. The maximum absolute atomic E-state index is 13.0. The van der Waals surface area contributed by atoms with Crippen molar-refractivity contribution in [3.63, 3.8) is 0 Å². The first-order chi connectivity index (χ1) is 8.58. The minimum atomic E-state index is -0.178. The van der Waals surface area contributed by atoms with Crippen molar-refractivity contribution >= 4 is 5.69 Å². The summed E-state index contributed by atoms with van der Waals surface area (Å²) in [5.41, 5.74) is 5.77. The molecule has 0 aliphatic rings. The van der Waals surface area contributed by atoms with Crippen LogP contribution in [0.5, 0.6) is 0 Å². The number of hydrogen-bond donors (Lipinski definition) is 1. The summed E-state index contributed by atoms with van der Waals surface area (Å²) in [4.78, 5) is 0. The van der Waals surface area contributed by atoms with E-state index in [4.69, 9.17) is 0 Å². The quantitative estimate of drug-likeness (QED) is 0.844. The van der Waals surface area contributed by atoms with Crippen LogP contribution < -0.4 is 5.32 Å². The van der Waals surface area contributed by atoms with Crippen LogP contribution in [0.4, 0.5) is 10.1 Å². The van der Waals surface area contributed by atoms with E-state index in [9.17, 15) is 4.39 Å². The Morgan fingerprint density at radius 2 is 1.78 bits per heavy atom.